The number of esters is 1. The van der Waals surface area contributed by atoms with Crippen molar-refractivity contribution in [2.75, 3.05) is 7.11 Å². The molecule has 21 heavy (non-hydrogen) atoms. The Morgan fingerprint density at radius 1 is 1.19 bits per heavy atom. The van der Waals surface area contributed by atoms with Gasteiger partial charge in [0.05, 0.1) is 7.11 Å². The van der Waals surface area contributed by atoms with Gasteiger partial charge in [-0.2, -0.15) is 0 Å². The van der Waals surface area contributed by atoms with Crippen molar-refractivity contribution >= 4 is 12.0 Å². The molecule has 4 heteroatoms. The van der Waals surface area contributed by atoms with E-state index in [1.807, 2.05) is 30.3 Å². The Morgan fingerprint density at radius 2 is 1.95 bits per heavy atom. The van der Waals surface area contributed by atoms with Crippen LogP contribution in [0.4, 0.5) is 0 Å². The van der Waals surface area contributed by atoms with Gasteiger partial charge in [0.1, 0.15) is 6.61 Å². The Bertz CT molecular complexity index is 632. The summed E-state index contributed by atoms with van der Waals surface area (Å²) in [6.07, 6.45) is 2.95. The van der Waals surface area contributed by atoms with Crippen molar-refractivity contribution in [1.29, 1.82) is 0 Å². The molecular formula is C17H16O4. The van der Waals surface area contributed by atoms with Crippen LogP contribution in [0.2, 0.25) is 0 Å². The first-order valence-electron chi connectivity index (χ1n) is 6.45. The van der Waals surface area contributed by atoms with E-state index >= 15 is 0 Å². The van der Waals surface area contributed by atoms with Crippen LogP contribution in [0, 0.1) is 0 Å². The molecule has 4 nitrogen and oxygen atoms in total. The Labute approximate surface area is 123 Å². The van der Waals surface area contributed by atoms with Crippen LogP contribution in [-0.4, -0.2) is 18.2 Å². The zero-order chi connectivity index (χ0) is 15.1. The molecule has 0 aliphatic heterocycles. The van der Waals surface area contributed by atoms with Crippen LogP contribution in [0.25, 0.3) is 6.08 Å². The van der Waals surface area contributed by atoms with Gasteiger partial charge in [-0.1, -0.05) is 36.4 Å². The van der Waals surface area contributed by atoms with Crippen molar-refractivity contribution in [2.45, 2.75) is 6.61 Å². The summed E-state index contributed by atoms with van der Waals surface area (Å²) in [6, 6.07) is 14.3. The number of phenols is 1. The molecule has 0 amide bonds. The van der Waals surface area contributed by atoms with E-state index in [1.165, 1.54) is 19.3 Å². The van der Waals surface area contributed by atoms with Gasteiger partial charge >= 0.3 is 5.97 Å². The molecule has 1 N–H and O–H groups in total. The van der Waals surface area contributed by atoms with E-state index in [-0.39, 0.29) is 12.4 Å². The van der Waals surface area contributed by atoms with Gasteiger partial charge in [-0.3, -0.25) is 0 Å². The Morgan fingerprint density at radius 3 is 2.67 bits per heavy atom. The van der Waals surface area contributed by atoms with Crippen molar-refractivity contribution in [3.63, 3.8) is 0 Å². The molecule has 0 heterocycles. The normalized spacial score (nSPS) is 10.5. The van der Waals surface area contributed by atoms with E-state index < -0.39 is 5.97 Å². The van der Waals surface area contributed by atoms with Gasteiger partial charge in [0, 0.05) is 6.08 Å². The predicted octanol–water partition coefficient (Wildman–Crippen LogP) is 3.16. The minimum absolute atomic E-state index is 0.0568. The number of benzene rings is 2. The molecule has 0 saturated heterocycles. The van der Waals surface area contributed by atoms with Crippen LogP contribution in [-0.2, 0) is 16.1 Å². The Hall–Kier alpha value is -2.75. The van der Waals surface area contributed by atoms with Crippen LogP contribution in [0.1, 0.15) is 11.1 Å². The summed E-state index contributed by atoms with van der Waals surface area (Å²) in [5.41, 5.74) is 1.67. The van der Waals surface area contributed by atoms with Crippen molar-refractivity contribution in [2.24, 2.45) is 0 Å². The van der Waals surface area contributed by atoms with E-state index in [0.717, 1.165) is 11.1 Å². The maximum Gasteiger partial charge on any atom is 0.331 e. The van der Waals surface area contributed by atoms with Gasteiger partial charge in [0.15, 0.2) is 11.5 Å². The largest absolute Gasteiger partial charge is 0.504 e. The number of carbonyl (C=O) groups is 1. The molecule has 0 bridgehead atoms. The van der Waals surface area contributed by atoms with Crippen LogP contribution in [0.3, 0.4) is 0 Å². The zero-order valence-electron chi connectivity index (χ0n) is 11.7. The molecule has 0 spiro atoms. The van der Waals surface area contributed by atoms with Crippen LogP contribution in [0.5, 0.6) is 11.5 Å². The second kappa shape index (κ2) is 7.14. The number of ether oxygens (including phenoxy) is 2. The average Bonchev–Trinajstić information content (AvgIpc) is 2.53. The molecule has 0 fully saturated rings. The lowest BCUT2D eigenvalue weighted by Crippen LogP contribution is -2.00. The lowest BCUT2D eigenvalue weighted by molar-refractivity contribution is -0.138. The van der Waals surface area contributed by atoms with E-state index in [0.29, 0.717) is 5.75 Å². The third-order valence-electron chi connectivity index (χ3n) is 2.84. The molecule has 0 unspecified atom stereocenters. The van der Waals surface area contributed by atoms with Crippen molar-refractivity contribution < 1.29 is 19.4 Å². The summed E-state index contributed by atoms with van der Waals surface area (Å²) in [6.45, 7) is 0.239. The number of methoxy groups -OCH3 is 1. The number of aromatic hydroxyl groups is 1. The zero-order valence-corrected chi connectivity index (χ0v) is 11.7. The van der Waals surface area contributed by atoms with Gasteiger partial charge in [0.2, 0.25) is 0 Å². The van der Waals surface area contributed by atoms with E-state index in [9.17, 15) is 9.90 Å². The van der Waals surface area contributed by atoms with Crippen LogP contribution < -0.4 is 4.74 Å². The molecule has 0 aliphatic carbocycles. The van der Waals surface area contributed by atoms with E-state index in [4.69, 9.17) is 9.47 Å². The molecule has 0 saturated carbocycles. The van der Waals surface area contributed by atoms with Crippen LogP contribution in [0.15, 0.2) is 54.6 Å². The number of phenolic OH excluding ortho intramolecular Hbond substituents is 1. The number of rotatable bonds is 5. The quantitative estimate of drug-likeness (QED) is 0.677. The topological polar surface area (TPSA) is 55.8 Å². The molecule has 108 valence electrons. The summed E-state index contributed by atoms with van der Waals surface area (Å²) < 4.78 is 10.1. The Balaban J connectivity index is 1.93. The maximum absolute atomic E-state index is 11.6. The van der Waals surface area contributed by atoms with Crippen molar-refractivity contribution in [1.82, 2.24) is 0 Å². The van der Waals surface area contributed by atoms with E-state index in [1.54, 1.807) is 18.2 Å². The molecule has 2 aromatic carbocycles. The lowest BCUT2D eigenvalue weighted by Gasteiger charge is -2.04. The second-order valence-corrected chi connectivity index (χ2v) is 4.36. The molecule has 0 atom stereocenters. The fourth-order valence-electron chi connectivity index (χ4n) is 1.74. The highest BCUT2D eigenvalue weighted by Crippen LogP contribution is 2.26. The molecule has 0 aromatic heterocycles. The molecule has 2 aromatic rings. The first kappa shape index (κ1) is 14.7. The first-order chi connectivity index (χ1) is 10.2. The Kier molecular flexibility index (Phi) is 4.99. The van der Waals surface area contributed by atoms with Gasteiger partial charge < -0.3 is 14.6 Å². The molecule has 0 aliphatic rings. The minimum Gasteiger partial charge on any atom is -0.504 e. The van der Waals surface area contributed by atoms with Crippen molar-refractivity contribution in [3.05, 3.63) is 65.7 Å². The summed E-state index contributed by atoms with van der Waals surface area (Å²) in [5.74, 6) is -0.0120. The fraction of sp³-hybridized carbons (Fsp3) is 0.118. The predicted molar refractivity (Wildman–Crippen MR) is 79.9 cm³/mol. The van der Waals surface area contributed by atoms with Gasteiger partial charge in [-0.25, -0.2) is 4.79 Å². The summed E-state index contributed by atoms with van der Waals surface area (Å²) in [7, 11) is 1.47. The minimum atomic E-state index is -0.425. The number of hydrogen-bond acceptors (Lipinski definition) is 4. The van der Waals surface area contributed by atoms with Crippen LogP contribution >= 0.6 is 0 Å². The highest BCUT2D eigenvalue weighted by atomic mass is 16.5. The third kappa shape index (κ3) is 4.38. The second-order valence-electron chi connectivity index (χ2n) is 4.36. The van der Waals surface area contributed by atoms with Gasteiger partial charge in [-0.15, -0.1) is 0 Å². The average molecular weight is 284 g/mol. The number of carbonyl (C=O) groups excluding carboxylic acids is 1. The number of hydrogen-bond donors (Lipinski definition) is 1. The first-order valence-corrected chi connectivity index (χ1v) is 6.45. The monoisotopic (exact) mass is 284 g/mol. The molecular weight excluding hydrogens is 268 g/mol. The summed E-state index contributed by atoms with van der Waals surface area (Å²) >= 11 is 0. The van der Waals surface area contributed by atoms with Gasteiger partial charge in [-0.05, 0) is 29.3 Å². The third-order valence-corrected chi connectivity index (χ3v) is 2.84. The fourth-order valence-corrected chi connectivity index (χ4v) is 1.74. The molecule has 2 rings (SSSR count). The highest BCUT2D eigenvalue weighted by Gasteiger charge is 2.02. The van der Waals surface area contributed by atoms with E-state index in [2.05, 4.69) is 0 Å². The maximum atomic E-state index is 11.6. The smallest absolute Gasteiger partial charge is 0.331 e. The lowest BCUT2D eigenvalue weighted by atomic mass is 10.2. The van der Waals surface area contributed by atoms with Crippen molar-refractivity contribution in [3.8, 4) is 11.5 Å². The standard InChI is InChI=1S/C17H16O4/c1-20-16-11-13(7-9-15(16)18)8-10-17(19)21-12-14-5-3-2-4-6-14/h2-11,18H,12H2,1H3/b10-8-. The highest BCUT2D eigenvalue weighted by molar-refractivity contribution is 5.87. The summed E-state index contributed by atoms with van der Waals surface area (Å²) in [4.78, 5) is 11.6. The van der Waals surface area contributed by atoms with Gasteiger partial charge in [0.25, 0.3) is 0 Å². The molecule has 0 radical (unpaired) electrons. The SMILES string of the molecule is COc1cc(/C=C\C(=O)OCc2ccccc2)ccc1O. The summed E-state index contributed by atoms with van der Waals surface area (Å²) in [5, 5.41) is 9.48.